The Morgan fingerprint density at radius 3 is 2.85 bits per heavy atom. The van der Waals surface area contributed by atoms with Gasteiger partial charge in [-0.05, 0) is 25.7 Å². The first kappa shape index (κ1) is 12.0. The molecule has 104 valence electrons. The number of carboxylic acids is 1. The van der Waals surface area contributed by atoms with E-state index in [4.69, 9.17) is 0 Å². The largest absolute Gasteiger partial charge is 0.481 e. The molecule has 20 heavy (non-hydrogen) atoms. The Morgan fingerprint density at radius 1 is 1.30 bits per heavy atom. The summed E-state index contributed by atoms with van der Waals surface area (Å²) in [6.07, 6.45) is 7.62. The average Bonchev–Trinajstić information content (AvgIpc) is 3.08. The van der Waals surface area contributed by atoms with Crippen LogP contribution in [0.5, 0.6) is 0 Å². The monoisotopic (exact) mass is 290 g/mol. The molecule has 6 nitrogen and oxygen atoms in total. The van der Waals surface area contributed by atoms with Crippen molar-refractivity contribution < 1.29 is 9.90 Å². The Morgan fingerprint density at radius 2 is 2.10 bits per heavy atom. The van der Waals surface area contributed by atoms with E-state index in [2.05, 4.69) is 15.3 Å². The first-order valence-corrected chi connectivity index (χ1v) is 7.65. The Bertz CT molecular complexity index is 700. The summed E-state index contributed by atoms with van der Waals surface area (Å²) in [4.78, 5) is 12.2. The van der Waals surface area contributed by atoms with Crippen LogP contribution in [0.15, 0.2) is 12.2 Å². The van der Waals surface area contributed by atoms with Gasteiger partial charge >= 0.3 is 5.97 Å². The zero-order chi connectivity index (χ0) is 13.7. The van der Waals surface area contributed by atoms with Crippen LogP contribution in [0.1, 0.15) is 48.4 Å². The van der Waals surface area contributed by atoms with Gasteiger partial charge in [0.15, 0.2) is 5.82 Å². The summed E-state index contributed by atoms with van der Waals surface area (Å²) in [7, 11) is 0. The fourth-order valence-electron chi connectivity index (χ4n) is 2.75. The van der Waals surface area contributed by atoms with Crippen LogP contribution in [0.3, 0.4) is 0 Å². The summed E-state index contributed by atoms with van der Waals surface area (Å²) in [6.45, 7) is 0. The number of aromatic nitrogens is 4. The quantitative estimate of drug-likeness (QED) is 0.876. The van der Waals surface area contributed by atoms with Crippen LogP contribution in [0.25, 0.3) is 4.96 Å². The van der Waals surface area contributed by atoms with Crippen LogP contribution in [-0.4, -0.2) is 30.9 Å². The van der Waals surface area contributed by atoms with Gasteiger partial charge in [0.2, 0.25) is 4.96 Å². The second-order valence-electron chi connectivity index (χ2n) is 5.46. The van der Waals surface area contributed by atoms with Crippen LogP contribution in [0.4, 0.5) is 0 Å². The summed E-state index contributed by atoms with van der Waals surface area (Å²) in [5.74, 6) is 0.249. The van der Waals surface area contributed by atoms with Gasteiger partial charge in [0, 0.05) is 11.8 Å². The van der Waals surface area contributed by atoms with Crippen molar-refractivity contribution in [2.45, 2.75) is 37.5 Å². The number of hydrogen-bond acceptors (Lipinski definition) is 5. The molecule has 4 rings (SSSR count). The van der Waals surface area contributed by atoms with Crippen LogP contribution >= 0.6 is 11.3 Å². The van der Waals surface area contributed by atoms with E-state index < -0.39 is 5.97 Å². The summed E-state index contributed by atoms with van der Waals surface area (Å²) < 4.78 is 1.81. The summed E-state index contributed by atoms with van der Waals surface area (Å²) in [6, 6.07) is 0. The van der Waals surface area contributed by atoms with E-state index in [-0.39, 0.29) is 11.8 Å². The molecule has 0 saturated heterocycles. The number of aliphatic carboxylic acids is 1. The SMILES string of the molecule is O=C(O)C1CC=CCC1c1nn2c(C3CC3)nnc2s1. The Kier molecular flexibility index (Phi) is 2.63. The predicted molar refractivity (Wildman–Crippen MR) is 72.9 cm³/mol. The van der Waals surface area contributed by atoms with Gasteiger partial charge in [0.25, 0.3) is 0 Å². The molecule has 2 atom stereocenters. The van der Waals surface area contributed by atoms with Crippen molar-refractivity contribution in [3.63, 3.8) is 0 Å². The molecular formula is C13H14N4O2S. The van der Waals surface area contributed by atoms with Crippen molar-refractivity contribution in [3.05, 3.63) is 23.0 Å². The highest BCUT2D eigenvalue weighted by molar-refractivity contribution is 7.16. The fraction of sp³-hybridized carbons (Fsp3) is 0.538. The summed E-state index contributed by atoms with van der Waals surface area (Å²) in [5.41, 5.74) is 0. The lowest BCUT2D eigenvalue weighted by Crippen LogP contribution is -2.23. The number of hydrogen-bond donors (Lipinski definition) is 1. The molecule has 2 aromatic rings. The molecule has 1 N–H and O–H groups in total. The molecular weight excluding hydrogens is 276 g/mol. The van der Waals surface area contributed by atoms with Crippen molar-refractivity contribution in [3.8, 4) is 0 Å². The van der Waals surface area contributed by atoms with Crippen molar-refractivity contribution in [2.75, 3.05) is 0 Å². The van der Waals surface area contributed by atoms with Gasteiger partial charge in [-0.1, -0.05) is 23.5 Å². The standard InChI is InChI=1S/C13H14N4O2S/c18-12(19)9-4-2-1-3-8(9)11-16-17-10(7-5-6-7)14-15-13(17)20-11/h1-2,7-9H,3-6H2,(H,18,19). The van der Waals surface area contributed by atoms with Crippen LogP contribution in [0, 0.1) is 5.92 Å². The molecule has 1 fully saturated rings. The average molecular weight is 290 g/mol. The predicted octanol–water partition coefficient (Wildman–Crippen LogP) is 2.20. The lowest BCUT2D eigenvalue weighted by Gasteiger charge is -2.22. The molecule has 0 amide bonds. The zero-order valence-electron chi connectivity index (χ0n) is 10.8. The first-order valence-electron chi connectivity index (χ1n) is 6.84. The third-order valence-corrected chi connectivity index (χ3v) is 5.07. The third-order valence-electron chi connectivity index (χ3n) is 4.04. The number of carboxylic acid groups (broad SMARTS) is 1. The molecule has 0 radical (unpaired) electrons. The van der Waals surface area contributed by atoms with Gasteiger partial charge < -0.3 is 5.11 Å². The molecule has 0 spiro atoms. The zero-order valence-corrected chi connectivity index (χ0v) is 11.6. The fourth-order valence-corrected chi connectivity index (χ4v) is 3.78. The highest BCUT2D eigenvalue weighted by Gasteiger charge is 2.34. The van der Waals surface area contributed by atoms with Crippen molar-refractivity contribution in [1.29, 1.82) is 0 Å². The molecule has 2 aliphatic rings. The molecule has 0 aromatic carbocycles. The van der Waals surface area contributed by atoms with E-state index >= 15 is 0 Å². The topological polar surface area (TPSA) is 80.4 Å². The van der Waals surface area contributed by atoms with E-state index in [0.29, 0.717) is 12.3 Å². The molecule has 2 aliphatic carbocycles. The van der Waals surface area contributed by atoms with E-state index in [1.54, 1.807) is 0 Å². The number of carbonyl (C=O) groups is 1. The van der Waals surface area contributed by atoms with Crippen LogP contribution in [0.2, 0.25) is 0 Å². The first-order chi connectivity index (χ1) is 9.74. The lowest BCUT2D eigenvalue weighted by molar-refractivity contribution is -0.142. The maximum Gasteiger partial charge on any atom is 0.307 e. The highest BCUT2D eigenvalue weighted by atomic mass is 32.1. The number of allylic oxidation sites excluding steroid dienone is 2. The molecule has 0 aliphatic heterocycles. The molecule has 7 heteroatoms. The number of rotatable bonds is 3. The van der Waals surface area contributed by atoms with Gasteiger partial charge in [0.05, 0.1) is 5.92 Å². The maximum absolute atomic E-state index is 11.4. The van der Waals surface area contributed by atoms with E-state index in [9.17, 15) is 9.90 Å². The third kappa shape index (κ3) is 1.84. The minimum atomic E-state index is -0.743. The number of fused-ring (bicyclic) bond motifs is 1. The molecule has 0 bridgehead atoms. The molecule has 2 unspecified atom stereocenters. The smallest absolute Gasteiger partial charge is 0.307 e. The normalized spacial score (nSPS) is 26.2. The van der Waals surface area contributed by atoms with Crippen molar-refractivity contribution >= 4 is 22.3 Å². The van der Waals surface area contributed by atoms with Gasteiger partial charge in [-0.15, -0.1) is 10.2 Å². The Labute approximate surface area is 119 Å². The van der Waals surface area contributed by atoms with E-state index in [1.165, 1.54) is 11.3 Å². The van der Waals surface area contributed by atoms with Gasteiger partial charge in [0.1, 0.15) is 5.01 Å². The minimum absolute atomic E-state index is 0.0451. The Hall–Kier alpha value is -1.76. The van der Waals surface area contributed by atoms with Crippen molar-refractivity contribution in [2.24, 2.45) is 5.92 Å². The molecule has 1 saturated carbocycles. The maximum atomic E-state index is 11.4. The van der Waals surface area contributed by atoms with Gasteiger partial charge in [-0.3, -0.25) is 4.79 Å². The van der Waals surface area contributed by atoms with Crippen LogP contribution < -0.4 is 0 Å². The van der Waals surface area contributed by atoms with E-state index in [1.807, 2.05) is 16.7 Å². The number of nitrogens with zero attached hydrogens (tertiary/aromatic N) is 4. The highest BCUT2D eigenvalue weighted by Crippen LogP contribution is 2.41. The molecule has 2 heterocycles. The lowest BCUT2D eigenvalue weighted by atomic mass is 9.83. The summed E-state index contributed by atoms with van der Waals surface area (Å²) in [5, 5.41) is 23.2. The summed E-state index contributed by atoms with van der Waals surface area (Å²) >= 11 is 1.47. The van der Waals surface area contributed by atoms with Gasteiger partial charge in [-0.2, -0.15) is 9.61 Å². The Balaban J connectivity index is 1.73. The molecule has 2 aromatic heterocycles. The van der Waals surface area contributed by atoms with Gasteiger partial charge in [-0.25, -0.2) is 0 Å². The van der Waals surface area contributed by atoms with Crippen LogP contribution in [-0.2, 0) is 4.79 Å². The minimum Gasteiger partial charge on any atom is -0.481 e. The second kappa shape index (κ2) is 4.37. The van der Waals surface area contributed by atoms with E-state index in [0.717, 1.165) is 35.1 Å². The second-order valence-corrected chi connectivity index (χ2v) is 6.45. The van der Waals surface area contributed by atoms with Crippen molar-refractivity contribution in [1.82, 2.24) is 19.8 Å².